The predicted octanol–water partition coefficient (Wildman–Crippen LogP) is 2.27. The van der Waals surface area contributed by atoms with Gasteiger partial charge in [0, 0.05) is 7.11 Å². The maximum atomic E-state index is 12.4. The molecule has 0 N–H and O–H groups in total. The molecule has 6 heteroatoms. The average Bonchev–Trinajstić information content (AvgIpc) is 3.04. The summed E-state index contributed by atoms with van der Waals surface area (Å²) in [5, 5.41) is 0. The number of carbonyl (C=O) groups excluding carboxylic acids is 1. The third-order valence-corrected chi connectivity index (χ3v) is 5.05. The van der Waals surface area contributed by atoms with Crippen molar-refractivity contribution in [1.29, 1.82) is 0 Å². The topological polar surface area (TPSA) is 63.2 Å². The highest BCUT2D eigenvalue weighted by molar-refractivity contribution is 5.89. The molecule has 2 heterocycles. The number of fused-ring (bicyclic) bond motifs is 2. The van der Waals surface area contributed by atoms with Gasteiger partial charge in [-0.2, -0.15) is 0 Å². The van der Waals surface area contributed by atoms with Crippen molar-refractivity contribution in [3.8, 4) is 0 Å². The molecule has 0 radical (unpaired) electrons. The van der Waals surface area contributed by atoms with E-state index in [0.717, 1.165) is 12.8 Å². The molecule has 1 unspecified atom stereocenters. The number of hydrogen-bond acceptors (Lipinski definition) is 6. The Morgan fingerprint density at radius 1 is 1.17 bits per heavy atom. The maximum Gasteiger partial charge on any atom is 0.338 e. The Morgan fingerprint density at radius 3 is 2.54 bits per heavy atom. The Morgan fingerprint density at radius 2 is 1.92 bits per heavy atom. The molecule has 1 spiro atoms. The van der Waals surface area contributed by atoms with Gasteiger partial charge in [0.05, 0.1) is 5.56 Å². The minimum absolute atomic E-state index is 0.306. The minimum atomic E-state index is -0.702. The van der Waals surface area contributed by atoms with E-state index in [0.29, 0.717) is 5.56 Å². The van der Waals surface area contributed by atoms with Crippen LogP contribution in [0.3, 0.4) is 0 Å². The van der Waals surface area contributed by atoms with Crippen molar-refractivity contribution in [3.63, 3.8) is 0 Å². The van der Waals surface area contributed by atoms with Crippen LogP contribution in [0.15, 0.2) is 30.3 Å². The Bertz CT molecular complexity index is 630. The molecule has 3 aliphatic rings. The summed E-state index contributed by atoms with van der Waals surface area (Å²) in [6.07, 6.45) is -0.0178. The number of benzene rings is 1. The van der Waals surface area contributed by atoms with Gasteiger partial charge in [-0.05, 0) is 38.8 Å². The second-order valence-corrected chi connectivity index (χ2v) is 7.00. The SMILES string of the molecule is CO[C@@H]1O[C@@]2(CC[C@@H]2OC(=O)c2ccccc2)[C@@H]2OC(C)(C)OC12. The fourth-order valence-corrected chi connectivity index (χ4v) is 3.84. The summed E-state index contributed by atoms with van der Waals surface area (Å²) >= 11 is 0. The molecule has 130 valence electrons. The van der Waals surface area contributed by atoms with Crippen LogP contribution in [0.1, 0.15) is 37.0 Å². The van der Waals surface area contributed by atoms with E-state index in [1.807, 2.05) is 32.0 Å². The normalized spacial score (nSPS) is 39.5. The molecule has 1 aromatic carbocycles. The quantitative estimate of drug-likeness (QED) is 0.790. The van der Waals surface area contributed by atoms with Gasteiger partial charge in [-0.25, -0.2) is 4.79 Å². The summed E-state index contributed by atoms with van der Waals surface area (Å²) < 4.78 is 29.2. The second kappa shape index (κ2) is 5.52. The Balaban J connectivity index is 1.54. The summed E-state index contributed by atoms with van der Waals surface area (Å²) in [5.41, 5.74) is -0.162. The van der Waals surface area contributed by atoms with Crippen LogP contribution in [-0.4, -0.2) is 49.1 Å². The van der Waals surface area contributed by atoms with Gasteiger partial charge in [0.1, 0.15) is 23.9 Å². The lowest BCUT2D eigenvalue weighted by molar-refractivity contribution is -0.288. The minimum Gasteiger partial charge on any atom is -0.456 e. The number of methoxy groups -OCH3 is 1. The molecule has 1 saturated carbocycles. The molecule has 24 heavy (non-hydrogen) atoms. The molecule has 1 aliphatic carbocycles. The zero-order valence-corrected chi connectivity index (χ0v) is 14.1. The van der Waals surface area contributed by atoms with Crippen LogP contribution in [0.4, 0.5) is 0 Å². The summed E-state index contributed by atoms with van der Waals surface area (Å²) in [6.45, 7) is 3.74. The van der Waals surface area contributed by atoms with E-state index >= 15 is 0 Å². The third kappa shape index (κ3) is 2.37. The van der Waals surface area contributed by atoms with Crippen LogP contribution in [-0.2, 0) is 23.7 Å². The van der Waals surface area contributed by atoms with Gasteiger partial charge in [-0.3, -0.25) is 0 Å². The molecule has 4 rings (SSSR count). The Labute approximate surface area is 141 Å². The highest BCUT2D eigenvalue weighted by Crippen LogP contribution is 2.54. The van der Waals surface area contributed by atoms with Crippen molar-refractivity contribution in [2.75, 3.05) is 7.11 Å². The second-order valence-electron chi connectivity index (χ2n) is 7.00. The van der Waals surface area contributed by atoms with Crippen LogP contribution >= 0.6 is 0 Å². The van der Waals surface area contributed by atoms with Crippen molar-refractivity contribution in [1.82, 2.24) is 0 Å². The van der Waals surface area contributed by atoms with Crippen LogP contribution in [0.2, 0.25) is 0 Å². The number of esters is 1. The summed E-state index contributed by atoms with van der Waals surface area (Å²) in [4.78, 5) is 12.4. The van der Waals surface area contributed by atoms with Crippen LogP contribution < -0.4 is 0 Å². The molecule has 0 bridgehead atoms. The van der Waals surface area contributed by atoms with Gasteiger partial charge in [-0.1, -0.05) is 18.2 Å². The van der Waals surface area contributed by atoms with Crippen molar-refractivity contribution in [2.24, 2.45) is 0 Å². The van der Waals surface area contributed by atoms with Gasteiger partial charge in [0.2, 0.25) is 0 Å². The van der Waals surface area contributed by atoms with Crippen molar-refractivity contribution in [2.45, 2.75) is 62.7 Å². The van der Waals surface area contributed by atoms with E-state index in [1.165, 1.54) is 0 Å². The highest BCUT2D eigenvalue weighted by Gasteiger charge is 2.70. The Kier molecular flexibility index (Phi) is 3.69. The molecule has 5 atom stereocenters. The van der Waals surface area contributed by atoms with Gasteiger partial charge < -0.3 is 23.7 Å². The molecule has 3 fully saturated rings. The van der Waals surface area contributed by atoms with E-state index in [4.69, 9.17) is 23.7 Å². The predicted molar refractivity (Wildman–Crippen MR) is 83.3 cm³/mol. The lowest BCUT2D eigenvalue weighted by Crippen LogP contribution is -2.61. The lowest BCUT2D eigenvalue weighted by atomic mass is 9.72. The standard InChI is InChI=1S/C18H22O6/c1-17(2)22-13-14(23-17)18(24-16(13)20-3)10-9-12(18)21-15(19)11-7-5-4-6-8-11/h4-8,12-14,16H,9-10H2,1-3H3/t12-,13?,14+,16+,18+/m0/s1. The molecule has 0 aromatic heterocycles. The zero-order valence-electron chi connectivity index (χ0n) is 14.1. The number of rotatable bonds is 3. The maximum absolute atomic E-state index is 12.4. The van der Waals surface area contributed by atoms with E-state index in [2.05, 4.69) is 0 Å². The first-order chi connectivity index (χ1) is 11.5. The summed E-state index contributed by atoms with van der Waals surface area (Å²) in [7, 11) is 1.58. The van der Waals surface area contributed by atoms with E-state index < -0.39 is 17.7 Å². The molecule has 2 aliphatic heterocycles. The van der Waals surface area contributed by atoms with Crippen molar-refractivity contribution >= 4 is 5.97 Å². The van der Waals surface area contributed by atoms with Crippen LogP contribution in [0.5, 0.6) is 0 Å². The summed E-state index contributed by atoms with van der Waals surface area (Å²) in [5.74, 6) is -1.05. The lowest BCUT2D eigenvalue weighted by Gasteiger charge is -2.47. The first-order valence-electron chi connectivity index (χ1n) is 8.27. The molecule has 0 amide bonds. The zero-order chi connectivity index (χ0) is 16.9. The number of ether oxygens (including phenoxy) is 5. The van der Waals surface area contributed by atoms with Gasteiger partial charge in [0.15, 0.2) is 12.1 Å². The van der Waals surface area contributed by atoms with Gasteiger partial charge in [-0.15, -0.1) is 0 Å². The average molecular weight is 334 g/mol. The Hall–Kier alpha value is -1.47. The van der Waals surface area contributed by atoms with E-state index in [-0.39, 0.29) is 24.3 Å². The van der Waals surface area contributed by atoms with Crippen molar-refractivity contribution < 1.29 is 28.5 Å². The highest BCUT2D eigenvalue weighted by atomic mass is 16.8. The van der Waals surface area contributed by atoms with Gasteiger partial charge >= 0.3 is 5.97 Å². The first-order valence-corrected chi connectivity index (χ1v) is 8.27. The molecular formula is C18H22O6. The molecule has 1 aromatic rings. The fraction of sp³-hybridized carbons (Fsp3) is 0.611. The van der Waals surface area contributed by atoms with Crippen molar-refractivity contribution in [3.05, 3.63) is 35.9 Å². The fourth-order valence-electron chi connectivity index (χ4n) is 3.84. The van der Waals surface area contributed by atoms with Crippen LogP contribution in [0.25, 0.3) is 0 Å². The van der Waals surface area contributed by atoms with E-state index in [1.54, 1.807) is 19.2 Å². The first kappa shape index (κ1) is 16.0. The number of carbonyl (C=O) groups is 1. The smallest absolute Gasteiger partial charge is 0.338 e. The third-order valence-electron chi connectivity index (χ3n) is 5.05. The molecule has 6 nitrogen and oxygen atoms in total. The summed E-state index contributed by atoms with van der Waals surface area (Å²) in [6, 6.07) is 8.96. The van der Waals surface area contributed by atoms with E-state index in [9.17, 15) is 4.79 Å². The largest absolute Gasteiger partial charge is 0.456 e. The monoisotopic (exact) mass is 334 g/mol. The molecule has 2 saturated heterocycles. The molecular weight excluding hydrogens is 312 g/mol. The number of hydrogen-bond donors (Lipinski definition) is 0. The van der Waals surface area contributed by atoms with Gasteiger partial charge in [0.25, 0.3) is 0 Å². The van der Waals surface area contributed by atoms with Crippen LogP contribution in [0, 0.1) is 0 Å².